The van der Waals surface area contributed by atoms with E-state index in [1.54, 1.807) is 23.9 Å². The van der Waals surface area contributed by atoms with E-state index in [1.165, 1.54) is 17.0 Å². The molecule has 1 amide bonds. The zero-order valence-electron chi connectivity index (χ0n) is 17.7. The fraction of sp³-hybridized carbons (Fsp3) is 0.192. The molecule has 0 aliphatic rings. The molecule has 3 aromatic carbocycles. The zero-order chi connectivity index (χ0) is 21.8. The number of aryl methyl sites for hydroxylation is 2. The first-order chi connectivity index (χ1) is 15.0. The van der Waals surface area contributed by atoms with E-state index in [9.17, 15) is 9.18 Å². The second kappa shape index (κ2) is 9.40. The number of carbonyl (C=O) groups excluding carboxylic acids is 1. The highest BCUT2D eigenvalue weighted by Gasteiger charge is 2.10. The summed E-state index contributed by atoms with van der Waals surface area (Å²) >= 11 is 1.70. The molecule has 0 aliphatic carbocycles. The van der Waals surface area contributed by atoms with Gasteiger partial charge in [-0.25, -0.2) is 4.39 Å². The van der Waals surface area contributed by atoms with Crippen molar-refractivity contribution >= 4 is 28.6 Å². The van der Waals surface area contributed by atoms with E-state index in [1.807, 2.05) is 50.2 Å². The molecule has 0 unspecified atom stereocenters. The maximum Gasteiger partial charge on any atom is 0.251 e. The molecule has 5 heteroatoms. The fourth-order valence-corrected chi connectivity index (χ4v) is 4.61. The van der Waals surface area contributed by atoms with Crippen molar-refractivity contribution in [3.8, 4) is 0 Å². The summed E-state index contributed by atoms with van der Waals surface area (Å²) in [6, 6.07) is 20.7. The highest BCUT2D eigenvalue weighted by atomic mass is 32.2. The molecular weight excluding hydrogens is 407 g/mol. The van der Waals surface area contributed by atoms with Crippen molar-refractivity contribution < 1.29 is 9.18 Å². The monoisotopic (exact) mass is 432 g/mol. The second-order valence-corrected chi connectivity index (χ2v) is 8.69. The SMILES string of the molecule is Cc1ccc(C(=O)NCCn2cc(SCc3cccc(F)c3)c3ccccc32)cc1C. The Morgan fingerprint density at radius 3 is 2.65 bits per heavy atom. The van der Waals surface area contributed by atoms with Crippen molar-refractivity contribution in [2.45, 2.75) is 31.0 Å². The number of benzene rings is 3. The normalized spacial score (nSPS) is 11.1. The summed E-state index contributed by atoms with van der Waals surface area (Å²) in [4.78, 5) is 13.7. The minimum Gasteiger partial charge on any atom is -0.350 e. The summed E-state index contributed by atoms with van der Waals surface area (Å²) < 4.78 is 15.6. The van der Waals surface area contributed by atoms with Crippen molar-refractivity contribution in [2.24, 2.45) is 0 Å². The molecule has 31 heavy (non-hydrogen) atoms. The molecule has 4 aromatic rings. The Hall–Kier alpha value is -3.05. The summed E-state index contributed by atoms with van der Waals surface area (Å²) in [5.41, 5.74) is 5.07. The highest BCUT2D eigenvalue weighted by Crippen LogP contribution is 2.32. The molecule has 0 saturated heterocycles. The van der Waals surface area contributed by atoms with Crippen LogP contribution in [-0.4, -0.2) is 17.0 Å². The molecule has 1 N–H and O–H groups in total. The third-order valence-electron chi connectivity index (χ3n) is 5.44. The van der Waals surface area contributed by atoms with Crippen LogP contribution >= 0.6 is 11.8 Å². The quantitative estimate of drug-likeness (QED) is 0.357. The van der Waals surface area contributed by atoms with Crippen molar-refractivity contribution in [3.05, 3.63) is 101 Å². The van der Waals surface area contributed by atoms with Crippen LogP contribution in [0.3, 0.4) is 0 Å². The van der Waals surface area contributed by atoms with Gasteiger partial charge < -0.3 is 9.88 Å². The van der Waals surface area contributed by atoms with Gasteiger partial charge in [0.15, 0.2) is 0 Å². The lowest BCUT2D eigenvalue weighted by atomic mass is 10.1. The Balaban J connectivity index is 1.44. The molecular formula is C26H25FN2OS. The Bertz CT molecular complexity index is 1230. The Morgan fingerprint density at radius 2 is 1.84 bits per heavy atom. The van der Waals surface area contributed by atoms with Gasteiger partial charge in [-0.05, 0) is 60.9 Å². The van der Waals surface area contributed by atoms with Gasteiger partial charge in [-0.15, -0.1) is 11.8 Å². The van der Waals surface area contributed by atoms with Gasteiger partial charge in [-0.1, -0.05) is 36.4 Å². The summed E-state index contributed by atoms with van der Waals surface area (Å²) in [5, 5.41) is 4.19. The number of aromatic nitrogens is 1. The van der Waals surface area contributed by atoms with E-state index in [4.69, 9.17) is 0 Å². The molecule has 158 valence electrons. The van der Waals surface area contributed by atoms with E-state index in [2.05, 4.69) is 28.2 Å². The van der Waals surface area contributed by atoms with E-state index in [0.717, 1.165) is 21.5 Å². The number of halogens is 1. The number of hydrogen-bond acceptors (Lipinski definition) is 2. The van der Waals surface area contributed by atoms with Gasteiger partial charge >= 0.3 is 0 Å². The topological polar surface area (TPSA) is 34.0 Å². The van der Waals surface area contributed by atoms with Crippen molar-refractivity contribution in [1.82, 2.24) is 9.88 Å². The molecule has 0 fully saturated rings. The Kier molecular flexibility index (Phi) is 6.42. The summed E-state index contributed by atoms with van der Waals surface area (Å²) in [7, 11) is 0. The third-order valence-corrected chi connectivity index (χ3v) is 6.56. The molecule has 0 bridgehead atoms. The zero-order valence-corrected chi connectivity index (χ0v) is 18.5. The lowest BCUT2D eigenvalue weighted by Gasteiger charge is -2.09. The van der Waals surface area contributed by atoms with Gasteiger partial charge in [0, 0.05) is 46.4 Å². The van der Waals surface area contributed by atoms with Crippen LogP contribution in [0.5, 0.6) is 0 Å². The number of nitrogens with one attached hydrogen (secondary N) is 1. The smallest absolute Gasteiger partial charge is 0.251 e. The van der Waals surface area contributed by atoms with Crippen molar-refractivity contribution in [1.29, 1.82) is 0 Å². The number of nitrogens with zero attached hydrogens (tertiary/aromatic N) is 1. The van der Waals surface area contributed by atoms with Gasteiger partial charge in [0.25, 0.3) is 5.91 Å². The average Bonchev–Trinajstić information content (AvgIpc) is 3.12. The molecule has 0 atom stereocenters. The van der Waals surface area contributed by atoms with Crippen LogP contribution in [0.25, 0.3) is 10.9 Å². The van der Waals surface area contributed by atoms with Gasteiger partial charge in [0.05, 0.1) is 0 Å². The van der Waals surface area contributed by atoms with Crippen LogP contribution in [0, 0.1) is 19.7 Å². The van der Waals surface area contributed by atoms with Crippen molar-refractivity contribution in [3.63, 3.8) is 0 Å². The third kappa shape index (κ3) is 5.00. The molecule has 3 nitrogen and oxygen atoms in total. The average molecular weight is 433 g/mol. The van der Waals surface area contributed by atoms with Crippen LogP contribution < -0.4 is 5.32 Å². The van der Waals surface area contributed by atoms with E-state index in [0.29, 0.717) is 24.4 Å². The van der Waals surface area contributed by atoms with Crippen LogP contribution in [0.15, 0.2) is 77.8 Å². The van der Waals surface area contributed by atoms with Crippen LogP contribution in [0.4, 0.5) is 4.39 Å². The Morgan fingerprint density at radius 1 is 1.00 bits per heavy atom. The van der Waals surface area contributed by atoms with Gasteiger partial charge in [-0.2, -0.15) is 0 Å². The highest BCUT2D eigenvalue weighted by molar-refractivity contribution is 7.98. The molecule has 0 saturated carbocycles. The van der Waals surface area contributed by atoms with E-state index < -0.39 is 0 Å². The van der Waals surface area contributed by atoms with Gasteiger partial charge in [-0.3, -0.25) is 4.79 Å². The van der Waals surface area contributed by atoms with Gasteiger partial charge in [0.1, 0.15) is 5.82 Å². The first-order valence-electron chi connectivity index (χ1n) is 10.3. The van der Waals surface area contributed by atoms with Crippen LogP contribution in [0.1, 0.15) is 27.0 Å². The second-order valence-electron chi connectivity index (χ2n) is 7.68. The number of fused-ring (bicyclic) bond motifs is 1. The largest absolute Gasteiger partial charge is 0.350 e. The summed E-state index contributed by atoms with van der Waals surface area (Å²) in [6.07, 6.45) is 2.12. The fourth-order valence-electron chi connectivity index (χ4n) is 3.58. The molecule has 1 aromatic heterocycles. The first-order valence-corrected chi connectivity index (χ1v) is 11.3. The van der Waals surface area contributed by atoms with Crippen LogP contribution in [-0.2, 0) is 12.3 Å². The Labute approximate surface area is 186 Å². The standard InChI is InChI=1S/C26H25FN2OS/c1-18-10-11-21(14-19(18)2)26(30)28-12-13-29-16-25(23-8-3-4-9-24(23)29)31-17-20-6-5-7-22(27)15-20/h3-11,14-16H,12-13,17H2,1-2H3,(H,28,30). The van der Waals surface area contributed by atoms with Gasteiger partial charge in [0.2, 0.25) is 0 Å². The lowest BCUT2D eigenvalue weighted by Crippen LogP contribution is -2.27. The number of amides is 1. The molecule has 0 radical (unpaired) electrons. The summed E-state index contributed by atoms with van der Waals surface area (Å²) in [6.45, 7) is 5.27. The first kappa shape index (κ1) is 21.2. The lowest BCUT2D eigenvalue weighted by molar-refractivity contribution is 0.0952. The molecule has 0 spiro atoms. The number of para-hydroxylation sites is 1. The number of rotatable bonds is 7. The molecule has 4 rings (SSSR count). The van der Waals surface area contributed by atoms with E-state index in [-0.39, 0.29) is 11.7 Å². The molecule has 1 heterocycles. The van der Waals surface area contributed by atoms with Crippen molar-refractivity contribution in [2.75, 3.05) is 6.54 Å². The van der Waals surface area contributed by atoms with E-state index >= 15 is 0 Å². The number of thioether (sulfide) groups is 1. The minimum atomic E-state index is -0.208. The molecule has 0 aliphatic heterocycles. The predicted octanol–water partition coefficient (Wildman–Crippen LogP) is 6.12. The van der Waals surface area contributed by atoms with Crippen LogP contribution in [0.2, 0.25) is 0 Å². The number of carbonyl (C=O) groups is 1. The number of hydrogen-bond donors (Lipinski definition) is 1. The predicted molar refractivity (Wildman–Crippen MR) is 126 cm³/mol. The summed E-state index contributed by atoms with van der Waals surface area (Å²) in [5.74, 6) is 0.440. The minimum absolute atomic E-state index is 0.0553. The maximum absolute atomic E-state index is 13.5. The maximum atomic E-state index is 13.5.